The van der Waals surface area contributed by atoms with Crippen molar-refractivity contribution in [3.8, 4) is 11.3 Å². The maximum Gasteiger partial charge on any atom is 0.132 e. The molecule has 3 nitrogen and oxygen atoms in total. The third-order valence-electron chi connectivity index (χ3n) is 3.41. The van der Waals surface area contributed by atoms with Gasteiger partial charge < -0.3 is 10.3 Å². The number of aromatic nitrogens is 2. The molecule has 2 N–H and O–H groups in total. The number of nitrogens with two attached hydrogens (primary N) is 1. The van der Waals surface area contributed by atoms with Gasteiger partial charge in [-0.3, -0.25) is 0 Å². The highest BCUT2D eigenvalue weighted by Gasteiger charge is 2.24. The topological polar surface area (TPSA) is 43.8 Å². The highest BCUT2D eigenvalue weighted by atomic mass is 35.5. The van der Waals surface area contributed by atoms with Crippen molar-refractivity contribution in [1.29, 1.82) is 0 Å². The van der Waals surface area contributed by atoms with Crippen LogP contribution in [0.3, 0.4) is 0 Å². The van der Waals surface area contributed by atoms with Gasteiger partial charge in [0.15, 0.2) is 0 Å². The largest absolute Gasteiger partial charge is 0.383 e. The smallest absolute Gasteiger partial charge is 0.132 e. The molecule has 0 amide bonds. The molecule has 0 fully saturated rings. The lowest BCUT2D eigenvalue weighted by Gasteiger charge is -2.24. The summed E-state index contributed by atoms with van der Waals surface area (Å²) in [6.45, 7) is 10.6. The van der Waals surface area contributed by atoms with Gasteiger partial charge in [-0.15, -0.1) is 0 Å². The number of nitrogen functional groups attached to an aromatic ring is 1. The van der Waals surface area contributed by atoms with E-state index in [1.165, 1.54) is 0 Å². The molecule has 0 atom stereocenters. The van der Waals surface area contributed by atoms with E-state index in [1.54, 1.807) is 0 Å². The molecule has 0 aliphatic rings. The number of benzene rings is 1. The Balaban J connectivity index is 2.67. The van der Waals surface area contributed by atoms with Gasteiger partial charge in [-0.1, -0.05) is 24.6 Å². The van der Waals surface area contributed by atoms with Crippen LogP contribution in [-0.4, -0.2) is 9.55 Å². The first-order chi connectivity index (χ1) is 9.25. The van der Waals surface area contributed by atoms with Crippen molar-refractivity contribution in [1.82, 2.24) is 9.55 Å². The molecule has 1 aromatic heterocycles. The van der Waals surface area contributed by atoms with Gasteiger partial charge in [0, 0.05) is 22.5 Å². The predicted molar refractivity (Wildman–Crippen MR) is 86.2 cm³/mol. The third-order valence-corrected chi connectivity index (χ3v) is 3.65. The van der Waals surface area contributed by atoms with Crippen LogP contribution in [-0.2, 0) is 12.0 Å². The van der Waals surface area contributed by atoms with Crippen molar-refractivity contribution in [3.63, 3.8) is 0 Å². The summed E-state index contributed by atoms with van der Waals surface area (Å²) < 4.78 is 2.12. The van der Waals surface area contributed by atoms with E-state index in [-0.39, 0.29) is 5.54 Å². The second-order valence-electron chi connectivity index (χ2n) is 6.08. The molecule has 4 heteroatoms. The zero-order valence-electron chi connectivity index (χ0n) is 12.8. The van der Waals surface area contributed by atoms with Crippen LogP contribution in [0.5, 0.6) is 0 Å². The first kappa shape index (κ1) is 14.9. The van der Waals surface area contributed by atoms with E-state index < -0.39 is 0 Å². The summed E-state index contributed by atoms with van der Waals surface area (Å²) in [4.78, 5) is 4.75. The van der Waals surface area contributed by atoms with Crippen molar-refractivity contribution < 1.29 is 0 Å². The fourth-order valence-electron chi connectivity index (χ4n) is 2.56. The van der Waals surface area contributed by atoms with Gasteiger partial charge in [-0.2, -0.15) is 0 Å². The number of anilines is 1. The number of nitrogens with zero attached hydrogens (tertiary/aromatic N) is 2. The van der Waals surface area contributed by atoms with Gasteiger partial charge in [0.1, 0.15) is 17.3 Å². The van der Waals surface area contributed by atoms with Crippen molar-refractivity contribution in [2.45, 2.75) is 46.6 Å². The zero-order chi connectivity index (χ0) is 15.1. The van der Waals surface area contributed by atoms with Crippen molar-refractivity contribution >= 4 is 17.4 Å². The minimum Gasteiger partial charge on any atom is -0.383 e. The van der Waals surface area contributed by atoms with Crippen LogP contribution in [0.25, 0.3) is 11.3 Å². The summed E-state index contributed by atoms with van der Waals surface area (Å²) in [5.74, 6) is 1.74. The Labute approximate surface area is 125 Å². The Morgan fingerprint density at radius 1 is 1.30 bits per heavy atom. The van der Waals surface area contributed by atoms with Crippen molar-refractivity contribution in [2.24, 2.45) is 0 Å². The van der Waals surface area contributed by atoms with Crippen LogP contribution in [0, 0.1) is 6.92 Å². The summed E-state index contributed by atoms with van der Waals surface area (Å²) in [6, 6.07) is 5.81. The Morgan fingerprint density at radius 2 is 1.95 bits per heavy atom. The van der Waals surface area contributed by atoms with E-state index in [9.17, 15) is 0 Å². The fourth-order valence-corrected chi connectivity index (χ4v) is 2.78. The van der Waals surface area contributed by atoms with Gasteiger partial charge in [-0.05, 0) is 45.4 Å². The van der Waals surface area contributed by atoms with Crippen molar-refractivity contribution in [2.75, 3.05) is 5.73 Å². The Hall–Kier alpha value is -1.48. The highest BCUT2D eigenvalue weighted by molar-refractivity contribution is 6.30. The summed E-state index contributed by atoms with van der Waals surface area (Å²) >= 11 is 6.02. The maximum atomic E-state index is 6.37. The number of hydrogen-bond donors (Lipinski definition) is 1. The number of halogens is 1. The average Bonchev–Trinajstić information content (AvgIpc) is 2.66. The SMILES string of the molecule is CCc1nc(-c2ccc(Cl)cc2C)c(N)n1C(C)(C)C. The molecule has 0 bridgehead atoms. The number of rotatable bonds is 2. The molecule has 0 aliphatic carbocycles. The molecule has 0 spiro atoms. The van der Waals surface area contributed by atoms with Gasteiger partial charge in [0.25, 0.3) is 0 Å². The standard InChI is InChI=1S/C16H22ClN3/c1-6-13-19-14(15(18)20(13)16(3,4)5)12-8-7-11(17)9-10(12)2/h7-9H,6,18H2,1-5H3. The average molecular weight is 292 g/mol. The molecule has 20 heavy (non-hydrogen) atoms. The lowest BCUT2D eigenvalue weighted by molar-refractivity contribution is 0.389. The maximum absolute atomic E-state index is 6.37. The summed E-state index contributed by atoms with van der Waals surface area (Å²) in [5.41, 5.74) is 9.28. The third kappa shape index (κ3) is 2.55. The Morgan fingerprint density at radius 3 is 2.40 bits per heavy atom. The predicted octanol–water partition coefficient (Wildman–Crippen LogP) is 4.41. The first-order valence-corrected chi connectivity index (χ1v) is 7.27. The van der Waals surface area contributed by atoms with Gasteiger partial charge >= 0.3 is 0 Å². The summed E-state index contributed by atoms with van der Waals surface area (Å²) in [6.07, 6.45) is 0.855. The summed E-state index contributed by atoms with van der Waals surface area (Å²) in [5, 5.41) is 0.732. The molecule has 0 aliphatic heterocycles. The quantitative estimate of drug-likeness (QED) is 0.890. The lowest BCUT2D eigenvalue weighted by Crippen LogP contribution is -2.25. The van der Waals surface area contributed by atoms with E-state index >= 15 is 0 Å². The number of imidazole rings is 1. The molecule has 0 radical (unpaired) electrons. The van der Waals surface area contributed by atoms with Crippen molar-refractivity contribution in [3.05, 3.63) is 34.6 Å². The van der Waals surface area contributed by atoms with Crippen LogP contribution in [0.15, 0.2) is 18.2 Å². The van der Waals surface area contributed by atoms with Crippen LogP contribution in [0.4, 0.5) is 5.82 Å². The molecule has 0 saturated carbocycles. The van der Waals surface area contributed by atoms with Crippen LogP contribution in [0.2, 0.25) is 5.02 Å². The zero-order valence-corrected chi connectivity index (χ0v) is 13.5. The lowest BCUT2D eigenvalue weighted by atomic mass is 10.1. The monoisotopic (exact) mass is 291 g/mol. The number of aryl methyl sites for hydroxylation is 2. The van der Waals surface area contributed by atoms with Crippen LogP contribution >= 0.6 is 11.6 Å². The molecule has 2 aromatic rings. The Bertz CT molecular complexity index is 636. The second kappa shape index (κ2) is 5.13. The highest BCUT2D eigenvalue weighted by Crippen LogP contribution is 2.34. The van der Waals surface area contributed by atoms with E-state index in [0.29, 0.717) is 0 Å². The number of hydrogen-bond acceptors (Lipinski definition) is 2. The Kier molecular flexibility index (Phi) is 3.83. The van der Waals surface area contributed by atoms with E-state index in [0.717, 1.165) is 39.9 Å². The molecule has 2 rings (SSSR count). The molecular weight excluding hydrogens is 270 g/mol. The molecule has 0 saturated heterocycles. The minimum atomic E-state index is -0.0823. The van der Waals surface area contributed by atoms with Gasteiger partial charge in [0.2, 0.25) is 0 Å². The van der Waals surface area contributed by atoms with Crippen LogP contribution < -0.4 is 5.73 Å². The fraction of sp³-hybridized carbons (Fsp3) is 0.438. The van der Waals surface area contributed by atoms with Crippen LogP contribution in [0.1, 0.15) is 39.1 Å². The van der Waals surface area contributed by atoms with Gasteiger partial charge in [0.05, 0.1) is 0 Å². The van der Waals surface area contributed by atoms with Gasteiger partial charge in [-0.25, -0.2) is 4.98 Å². The minimum absolute atomic E-state index is 0.0823. The molecule has 1 heterocycles. The van der Waals surface area contributed by atoms with E-state index in [4.69, 9.17) is 22.3 Å². The summed E-state index contributed by atoms with van der Waals surface area (Å²) in [7, 11) is 0. The van der Waals surface area contributed by atoms with E-state index in [2.05, 4.69) is 32.3 Å². The molecule has 108 valence electrons. The molecular formula is C16H22ClN3. The normalized spacial score (nSPS) is 11.9. The first-order valence-electron chi connectivity index (χ1n) is 6.89. The van der Waals surface area contributed by atoms with E-state index in [1.807, 2.05) is 25.1 Å². The second-order valence-corrected chi connectivity index (χ2v) is 6.52. The molecule has 1 aromatic carbocycles. The molecule has 0 unspecified atom stereocenters.